The number of hydrogen-bond acceptors (Lipinski definition) is 3. The van der Waals surface area contributed by atoms with Gasteiger partial charge in [0.05, 0.1) is 13.2 Å². The predicted molar refractivity (Wildman–Crippen MR) is 115 cm³/mol. The van der Waals surface area contributed by atoms with Gasteiger partial charge in [-0.3, -0.25) is 9.89 Å². The van der Waals surface area contributed by atoms with Gasteiger partial charge in [0, 0.05) is 44.2 Å². The first kappa shape index (κ1) is 21.2. The van der Waals surface area contributed by atoms with Gasteiger partial charge in [0.15, 0.2) is 5.96 Å². The number of aliphatic imine (C=N–C) groups is 1. The highest BCUT2D eigenvalue weighted by molar-refractivity contribution is 14.0. The van der Waals surface area contributed by atoms with Crippen molar-refractivity contribution in [3.63, 3.8) is 0 Å². The van der Waals surface area contributed by atoms with Crippen molar-refractivity contribution < 1.29 is 4.74 Å². The van der Waals surface area contributed by atoms with E-state index in [0.29, 0.717) is 11.5 Å². The minimum Gasteiger partial charge on any atom is -0.381 e. The Bertz CT molecular complexity index is 437. The summed E-state index contributed by atoms with van der Waals surface area (Å²) in [5.74, 6) is 1.86. The molecule has 6 heteroatoms. The van der Waals surface area contributed by atoms with E-state index in [0.717, 1.165) is 51.3 Å². The number of guanidine groups is 1. The lowest BCUT2D eigenvalue weighted by Crippen LogP contribution is -2.42. The Labute approximate surface area is 171 Å². The summed E-state index contributed by atoms with van der Waals surface area (Å²) in [5, 5.41) is 3.53. The number of nitrogens with one attached hydrogen (secondary N) is 1. The van der Waals surface area contributed by atoms with Crippen LogP contribution in [0.1, 0.15) is 46.5 Å². The molecule has 3 aliphatic heterocycles. The third-order valence-electron chi connectivity index (χ3n) is 5.81. The molecule has 0 aromatic heterocycles. The van der Waals surface area contributed by atoms with Crippen LogP contribution in [0.15, 0.2) is 4.99 Å². The number of rotatable bonds is 5. The van der Waals surface area contributed by atoms with E-state index in [2.05, 4.69) is 35.9 Å². The van der Waals surface area contributed by atoms with E-state index in [4.69, 9.17) is 9.73 Å². The second kappa shape index (κ2) is 9.74. The molecule has 1 spiro atoms. The van der Waals surface area contributed by atoms with Crippen molar-refractivity contribution in [3.8, 4) is 0 Å². The molecule has 0 radical (unpaired) electrons. The van der Waals surface area contributed by atoms with Crippen molar-refractivity contribution in [1.82, 2.24) is 15.1 Å². The average Bonchev–Trinajstić information content (AvgIpc) is 3.27. The summed E-state index contributed by atoms with van der Waals surface area (Å²) in [5.41, 5.74) is 0.396. The molecule has 3 saturated heterocycles. The lowest BCUT2D eigenvalue weighted by Gasteiger charge is -2.27. The van der Waals surface area contributed by atoms with E-state index >= 15 is 0 Å². The fraction of sp³-hybridized carbons (Fsp3) is 0.947. The first-order valence-corrected chi connectivity index (χ1v) is 9.97. The fourth-order valence-electron chi connectivity index (χ4n) is 4.52. The Morgan fingerprint density at radius 3 is 2.84 bits per heavy atom. The van der Waals surface area contributed by atoms with Crippen LogP contribution in [0, 0.1) is 11.3 Å². The third-order valence-corrected chi connectivity index (χ3v) is 5.81. The zero-order chi connectivity index (χ0) is 17.0. The van der Waals surface area contributed by atoms with Crippen molar-refractivity contribution >= 4 is 29.9 Å². The zero-order valence-corrected chi connectivity index (χ0v) is 18.6. The Hall–Kier alpha value is -0.0800. The highest BCUT2D eigenvalue weighted by atomic mass is 127. The van der Waals surface area contributed by atoms with Gasteiger partial charge >= 0.3 is 0 Å². The van der Waals surface area contributed by atoms with Gasteiger partial charge in [-0.25, -0.2) is 0 Å². The van der Waals surface area contributed by atoms with Gasteiger partial charge in [-0.2, -0.15) is 0 Å². The van der Waals surface area contributed by atoms with Gasteiger partial charge in [-0.05, 0) is 45.1 Å². The van der Waals surface area contributed by atoms with Gasteiger partial charge in [0.25, 0.3) is 0 Å². The van der Waals surface area contributed by atoms with Gasteiger partial charge in [-0.1, -0.05) is 13.8 Å². The summed E-state index contributed by atoms with van der Waals surface area (Å²) < 4.78 is 5.67. The summed E-state index contributed by atoms with van der Waals surface area (Å²) in [6, 6.07) is 0.632. The minimum atomic E-state index is 0. The van der Waals surface area contributed by atoms with E-state index in [1.54, 1.807) is 0 Å². The number of nitrogens with zero attached hydrogens (tertiary/aromatic N) is 3. The van der Waals surface area contributed by atoms with E-state index in [1.807, 2.05) is 0 Å². The van der Waals surface area contributed by atoms with Crippen molar-refractivity contribution in [2.45, 2.75) is 52.5 Å². The molecule has 1 unspecified atom stereocenters. The largest absolute Gasteiger partial charge is 0.381 e. The van der Waals surface area contributed by atoms with Gasteiger partial charge in [0.1, 0.15) is 0 Å². The topological polar surface area (TPSA) is 40.1 Å². The van der Waals surface area contributed by atoms with Crippen molar-refractivity contribution in [2.24, 2.45) is 16.3 Å². The lowest BCUT2D eigenvalue weighted by molar-refractivity contribution is 0.156. The molecule has 0 amide bonds. The Balaban J connectivity index is 0.00000225. The minimum absolute atomic E-state index is 0. The molecule has 3 fully saturated rings. The summed E-state index contributed by atoms with van der Waals surface area (Å²) in [4.78, 5) is 10.2. The van der Waals surface area contributed by atoms with E-state index < -0.39 is 0 Å². The molecule has 0 aromatic carbocycles. The van der Waals surface area contributed by atoms with Crippen molar-refractivity contribution in [1.29, 1.82) is 0 Å². The van der Waals surface area contributed by atoms with Gasteiger partial charge < -0.3 is 15.0 Å². The average molecular weight is 464 g/mol. The molecular weight excluding hydrogens is 427 g/mol. The molecule has 3 aliphatic rings. The highest BCUT2D eigenvalue weighted by Gasteiger charge is 2.42. The van der Waals surface area contributed by atoms with Gasteiger partial charge in [0.2, 0.25) is 0 Å². The van der Waals surface area contributed by atoms with Crippen LogP contribution >= 0.6 is 24.0 Å². The fourth-order valence-corrected chi connectivity index (χ4v) is 4.52. The SMILES string of the molecule is CCNC(=NC[C@H]1CCCN1CC(C)C)N1CCC2(CCOC2)C1.I. The third kappa shape index (κ3) is 5.45. The smallest absolute Gasteiger partial charge is 0.193 e. The Morgan fingerprint density at radius 2 is 2.16 bits per heavy atom. The normalized spacial score (nSPS) is 30.5. The molecule has 5 nitrogen and oxygen atoms in total. The second-order valence-electron chi connectivity index (χ2n) is 8.35. The van der Waals surface area contributed by atoms with Crippen LogP contribution in [0.2, 0.25) is 0 Å². The molecule has 2 atom stereocenters. The maximum Gasteiger partial charge on any atom is 0.193 e. The first-order chi connectivity index (χ1) is 11.6. The van der Waals surface area contributed by atoms with Crippen LogP contribution < -0.4 is 5.32 Å². The number of hydrogen-bond donors (Lipinski definition) is 1. The molecule has 25 heavy (non-hydrogen) atoms. The summed E-state index contributed by atoms with van der Waals surface area (Å²) >= 11 is 0. The van der Waals surface area contributed by atoms with Gasteiger partial charge in [-0.15, -0.1) is 24.0 Å². The molecule has 146 valence electrons. The van der Waals surface area contributed by atoms with Crippen molar-refractivity contribution in [2.75, 3.05) is 52.5 Å². The standard InChI is InChI=1S/C19H36N4O.HI/c1-4-20-18(23-10-7-19(14-23)8-11-24-15-19)21-12-17-6-5-9-22(17)13-16(2)3;/h16-17H,4-15H2,1-3H3,(H,20,21);1H/t17-,19?;/m1./s1. The highest BCUT2D eigenvalue weighted by Crippen LogP contribution is 2.38. The maximum absolute atomic E-state index is 5.67. The zero-order valence-electron chi connectivity index (χ0n) is 16.3. The molecule has 0 aliphatic carbocycles. The number of ether oxygens (including phenoxy) is 1. The Morgan fingerprint density at radius 1 is 1.32 bits per heavy atom. The summed E-state index contributed by atoms with van der Waals surface area (Å²) in [7, 11) is 0. The quantitative estimate of drug-likeness (QED) is 0.386. The molecule has 0 aromatic rings. The van der Waals surface area contributed by atoms with Crippen molar-refractivity contribution in [3.05, 3.63) is 0 Å². The number of halogens is 1. The molecule has 0 bridgehead atoms. The van der Waals surface area contributed by atoms with Crippen LogP contribution in [-0.4, -0.2) is 74.3 Å². The predicted octanol–water partition coefficient (Wildman–Crippen LogP) is 2.80. The molecule has 0 saturated carbocycles. The lowest BCUT2D eigenvalue weighted by atomic mass is 9.87. The molecule has 3 heterocycles. The molecule has 1 N–H and O–H groups in total. The van der Waals surface area contributed by atoms with E-state index in [-0.39, 0.29) is 24.0 Å². The van der Waals surface area contributed by atoms with Crippen LogP contribution in [0.25, 0.3) is 0 Å². The summed E-state index contributed by atoms with van der Waals surface area (Å²) in [6.07, 6.45) is 5.09. The van der Waals surface area contributed by atoms with E-state index in [9.17, 15) is 0 Å². The van der Waals surface area contributed by atoms with Crippen LogP contribution in [0.4, 0.5) is 0 Å². The molecule has 3 rings (SSSR count). The number of likely N-dealkylation sites (tertiary alicyclic amines) is 2. The maximum atomic E-state index is 5.67. The second-order valence-corrected chi connectivity index (χ2v) is 8.35. The summed E-state index contributed by atoms with van der Waals surface area (Å²) in [6.45, 7) is 15.2. The van der Waals surface area contributed by atoms with Crippen LogP contribution in [0.5, 0.6) is 0 Å². The molecular formula is C19H37IN4O. The first-order valence-electron chi connectivity index (χ1n) is 9.97. The Kier molecular flexibility index (Phi) is 8.27. The van der Waals surface area contributed by atoms with Crippen LogP contribution in [-0.2, 0) is 4.74 Å². The van der Waals surface area contributed by atoms with E-state index in [1.165, 1.54) is 38.8 Å². The monoisotopic (exact) mass is 464 g/mol. The van der Waals surface area contributed by atoms with Crippen LogP contribution in [0.3, 0.4) is 0 Å².